The summed E-state index contributed by atoms with van der Waals surface area (Å²) in [7, 11) is 0. The van der Waals surface area contributed by atoms with Gasteiger partial charge in [0.1, 0.15) is 5.70 Å². The van der Waals surface area contributed by atoms with Gasteiger partial charge in [-0.2, -0.15) is 0 Å². The van der Waals surface area contributed by atoms with Crippen LogP contribution in [-0.4, -0.2) is 23.4 Å². The van der Waals surface area contributed by atoms with Crippen LogP contribution in [0.3, 0.4) is 0 Å². The summed E-state index contributed by atoms with van der Waals surface area (Å²) in [5, 5.41) is 3.29. The number of rotatable bonds is 5. The number of urea groups is 1. The molecule has 0 aliphatic carbocycles. The van der Waals surface area contributed by atoms with Crippen molar-refractivity contribution >= 4 is 52.7 Å². The zero-order chi connectivity index (χ0) is 17.1. The summed E-state index contributed by atoms with van der Waals surface area (Å²) in [6.45, 7) is 3.75. The standard InChI is InChI=1S/C17H13ClN2O2S2/c1-2-9-20-16(21)14(19-17(20)22)10-13-7-8-15(24-13)23-12-5-3-11(18)4-6-12/h2-8,10H,1,9H2,(H,19,22)/b14-10+. The number of hydrogen-bond acceptors (Lipinski definition) is 4. The Morgan fingerprint density at radius 2 is 1.96 bits per heavy atom. The van der Waals surface area contributed by atoms with Crippen LogP contribution in [0.1, 0.15) is 4.88 Å². The molecule has 0 unspecified atom stereocenters. The Kier molecular flexibility index (Phi) is 5.08. The Morgan fingerprint density at radius 3 is 2.67 bits per heavy atom. The number of thiophene rings is 1. The molecule has 2 aromatic rings. The molecular formula is C17H13ClN2O2S2. The molecule has 4 nitrogen and oxygen atoms in total. The van der Waals surface area contributed by atoms with Crippen LogP contribution in [0.25, 0.3) is 6.08 Å². The van der Waals surface area contributed by atoms with Crippen LogP contribution in [0.5, 0.6) is 0 Å². The molecule has 1 aromatic heterocycles. The molecule has 0 radical (unpaired) electrons. The fraction of sp³-hybridized carbons (Fsp3) is 0.0588. The van der Waals surface area contributed by atoms with Gasteiger partial charge < -0.3 is 5.32 Å². The van der Waals surface area contributed by atoms with Crippen molar-refractivity contribution in [2.75, 3.05) is 6.54 Å². The van der Waals surface area contributed by atoms with Crippen LogP contribution in [0, 0.1) is 0 Å². The average Bonchev–Trinajstić information content (AvgIpc) is 3.10. The van der Waals surface area contributed by atoms with Crippen LogP contribution in [0.2, 0.25) is 5.02 Å². The Morgan fingerprint density at radius 1 is 1.21 bits per heavy atom. The van der Waals surface area contributed by atoms with Crippen LogP contribution in [-0.2, 0) is 4.79 Å². The van der Waals surface area contributed by atoms with Crippen LogP contribution in [0.15, 0.2) is 63.9 Å². The number of carbonyl (C=O) groups is 2. The van der Waals surface area contributed by atoms with Gasteiger partial charge in [-0.05, 0) is 42.5 Å². The molecule has 1 aliphatic heterocycles. The number of nitrogens with zero attached hydrogens (tertiary/aromatic N) is 1. The molecule has 1 N–H and O–H groups in total. The van der Waals surface area contributed by atoms with E-state index in [-0.39, 0.29) is 18.1 Å². The molecule has 3 rings (SSSR count). The summed E-state index contributed by atoms with van der Waals surface area (Å²) in [6, 6.07) is 11.1. The number of imide groups is 1. The fourth-order valence-corrected chi connectivity index (χ4v) is 4.29. The van der Waals surface area contributed by atoms with Gasteiger partial charge in [-0.25, -0.2) is 4.79 Å². The molecule has 24 heavy (non-hydrogen) atoms. The van der Waals surface area contributed by atoms with Gasteiger partial charge in [-0.1, -0.05) is 29.4 Å². The third-order valence-corrected chi connectivity index (χ3v) is 5.62. The summed E-state index contributed by atoms with van der Waals surface area (Å²) < 4.78 is 1.09. The van der Waals surface area contributed by atoms with Gasteiger partial charge in [0.05, 0.1) is 4.21 Å². The summed E-state index contributed by atoms with van der Waals surface area (Å²) in [6.07, 6.45) is 3.21. The second-order valence-corrected chi connectivity index (χ2v) is 7.83. The average molecular weight is 377 g/mol. The van der Waals surface area contributed by atoms with E-state index in [9.17, 15) is 9.59 Å². The monoisotopic (exact) mass is 376 g/mol. The number of halogens is 1. The van der Waals surface area contributed by atoms with Gasteiger partial charge >= 0.3 is 6.03 Å². The first kappa shape index (κ1) is 16.8. The molecule has 7 heteroatoms. The number of hydrogen-bond donors (Lipinski definition) is 1. The van der Waals surface area contributed by atoms with Crippen molar-refractivity contribution < 1.29 is 9.59 Å². The van der Waals surface area contributed by atoms with Crippen LogP contribution < -0.4 is 5.32 Å². The minimum atomic E-state index is -0.418. The van der Waals surface area contributed by atoms with Crippen molar-refractivity contribution in [3.8, 4) is 0 Å². The van der Waals surface area contributed by atoms with Crippen molar-refractivity contribution in [2.24, 2.45) is 0 Å². The second kappa shape index (κ2) is 7.25. The number of nitrogens with one attached hydrogen (secondary N) is 1. The summed E-state index contributed by atoms with van der Waals surface area (Å²) in [5.74, 6) is -0.333. The lowest BCUT2D eigenvalue weighted by Crippen LogP contribution is -2.30. The third-order valence-electron chi connectivity index (χ3n) is 3.19. The van der Waals surface area contributed by atoms with E-state index < -0.39 is 6.03 Å². The Bertz CT molecular complexity index is 827. The van der Waals surface area contributed by atoms with Crippen molar-refractivity contribution in [3.05, 3.63) is 64.6 Å². The van der Waals surface area contributed by atoms with Gasteiger partial charge in [0.15, 0.2) is 0 Å². The molecule has 0 atom stereocenters. The van der Waals surface area contributed by atoms with Crippen LogP contribution in [0.4, 0.5) is 4.79 Å². The minimum Gasteiger partial charge on any atom is -0.303 e. The van der Waals surface area contributed by atoms with Crippen molar-refractivity contribution in [3.63, 3.8) is 0 Å². The first-order valence-corrected chi connectivity index (χ1v) is 9.06. The molecule has 1 fully saturated rings. The summed E-state index contributed by atoms with van der Waals surface area (Å²) in [4.78, 5) is 27.0. The highest BCUT2D eigenvalue weighted by Crippen LogP contribution is 2.34. The van der Waals surface area contributed by atoms with Gasteiger partial charge in [0, 0.05) is 21.3 Å². The van der Waals surface area contributed by atoms with E-state index in [1.165, 1.54) is 6.08 Å². The third kappa shape index (κ3) is 3.72. The van der Waals surface area contributed by atoms with Crippen molar-refractivity contribution in [1.82, 2.24) is 10.2 Å². The Hall–Kier alpha value is -2.02. The summed E-state index contributed by atoms with van der Waals surface area (Å²) >= 11 is 9.05. The predicted molar refractivity (Wildman–Crippen MR) is 98.3 cm³/mol. The van der Waals surface area contributed by atoms with Crippen LogP contribution >= 0.6 is 34.7 Å². The molecule has 122 valence electrons. The zero-order valence-electron chi connectivity index (χ0n) is 12.5. The molecule has 3 amide bonds. The van der Waals surface area contributed by atoms with E-state index in [1.54, 1.807) is 29.2 Å². The second-order valence-electron chi connectivity index (χ2n) is 4.91. The molecule has 0 bridgehead atoms. The van der Waals surface area contributed by atoms with Gasteiger partial charge in [0.2, 0.25) is 0 Å². The fourth-order valence-electron chi connectivity index (χ4n) is 2.09. The molecular weight excluding hydrogens is 364 g/mol. The number of amides is 3. The molecule has 0 spiro atoms. The highest BCUT2D eigenvalue weighted by molar-refractivity contribution is 8.01. The quantitative estimate of drug-likeness (QED) is 0.470. The van der Waals surface area contributed by atoms with E-state index in [2.05, 4.69) is 11.9 Å². The highest BCUT2D eigenvalue weighted by Gasteiger charge is 2.32. The lowest BCUT2D eigenvalue weighted by Gasteiger charge is -2.06. The smallest absolute Gasteiger partial charge is 0.303 e. The van der Waals surface area contributed by atoms with Gasteiger partial charge in [-0.15, -0.1) is 17.9 Å². The van der Waals surface area contributed by atoms with Gasteiger partial charge in [0.25, 0.3) is 5.91 Å². The highest BCUT2D eigenvalue weighted by atomic mass is 35.5. The zero-order valence-corrected chi connectivity index (χ0v) is 14.9. The van der Waals surface area contributed by atoms with E-state index in [1.807, 2.05) is 36.4 Å². The summed E-state index contributed by atoms with van der Waals surface area (Å²) in [5.41, 5.74) is 0.284. The molecule has 2 heterocycles. The Balaban J connectivity index is 1.74. The predicted octanol–water partition coefficient (Wildman–Crippen LogP) is 4.63. The molecule has 1 aliphatic rings. The lowest BCUT2D eigenvalue weighted by molar-refractivity contribution is -0.122. The SMILES string of the molecule is C=CCN1C(=O)N/C(=C/c2ccc(Sc3ccc(Cl)cc3)s2)C1=O. The van der Waals surface area contributed by atoms with Crippen molar-refractivity contribution in [1.29, 1.82) is 0 Å². The topological polar surface area (TPSA) is 49.4 Å². The van der Waals surface area contributed by atoms with Gasteiger partial charge in [-0.3, -0.25) is 9.69 Å². The number of carbonyl (C=O) groups excluding carboxylic acids is 2. The number of benzene rings is 1. The maximum absolute atomic E-state index is 12.2. The first-order chi connectivity index (χ1) is 11.6. The van der Waals surface area contributed by atoms with E-state index in [0.717, 1.165) is 18.9 Å². The van der Waals surface area contributed by atoms with E-state index in [4.69, 9.17) is 11.6 Å². The lowest BCUT2D eigenvalue weighted by atomic mass is 10.3. The molecule has 1 saturated heterocycles. The first-order valence-electron chi connectivity index (χ1n) is 7.05. The largest absolute Gasteiger partial charge is 0.329 e. The maximum atomic E-state index is 12.2. The van der Waals surface area contributed by atoms with E-state index >= 15 is 0 Å². The van der Waals surface area contributed by atoms with E-state index in [0.29, 0.717) is 5.02 Å². The normalized spacial score (nSPS) is 15.9. The minimum absolute atomic E-state index is 0.199. The Labute approximate surface area is 152 Å². The molecule has 1 aromatic carbocycles. The molecule has 0 saturated carbocycles. The maximum Gasteiger partial charge on any atom is 0.329 e. The van der Waals surface area contributed by atoms with Crippen molar-refractivity contribution in [2.45, 2.75) is 9.10 Å².